The number of rotatable bonds is 4. The van der Waals surface area contributed by atoms with Gasteiger partial charge in [-0.15, -0.1) is 0 Å². The van der Waals surface area contributed by atoms with Crippen LogP contribution in [0.5, 0.6) is 0 Å². The fourth-order valence-corrected chi connectivity index (χ4v) is 2.99. The Kier molecular flexibility index (Phi) is 4.10. The maximum Gasteiger partial charge on any atom is 0.337 e. The summed E-state index contributed by atoms with van der Waals surface area (Å²) in [4.78, 5) is 15.8. The van der Waals surface area contributed by atoms with Crippen molar-refractivity contribution in [3.8, 4) is 0 Å². The topological polar surface area (TPSA) is 43.8 Å². The molecule has 0 saturated carbocycles. The summed E-state index contributed by atoms with van der Waals surface area (Å²) < 4.78 is 0. The molecule has 1 fully saturated rings. The molecule has 1 aliphatic heterocycles. The Morgan fingerprint density at radius 3 is 2.84 bits per heavy atom. The van der Waals surface area contributed by atoms with Crippen molar-refractivity contribution < 1.29 is 9.90 Å². The molecule has 0 bridgehead atoms. The van der Waals surface area contributed by atoms with Crippen LogP contribution in [-0.4, -0.2) is 49.7 Å². The van der Waals surface area contributed by atoms with E-state index in [1.165, 1.54) is 6.42 Å². The van der Waals surface area contributed by atoms with Crippen molar-refractivity contribution in [3.05, 3.63) is 29.3 Å². The van der Waals surface area contributed by atoms with Gasteiger partial charge in [0.2, 0.25) is 0 Å². The molecule has 4 nitrogen and oxygen atoms in total. The third-order valence-electron chi connectivity index (χ3n) is 3.87. The van der Waals surface area contributed by atoms with Gasteiger partial charge in [0.15, 0.2) is 0 Å². The minimum Gasteiger partial charge on any atom is -0.478 e. The SMILES string of the molecule is Cc1cccc(C(=O)O)c1N(C)CC1CCN(C)C1. The number of aromatic carboxylic acids is 1. The number of benzene rings is 1. The van der Waals surface area contributed by atoms with Crippen molar-refractivity contribution in [1.29, 1.82) is 0 Å². The summed E-state index contributed by atoms with van der Waals surface area (Å²) >= 11 is 0. The maximum atomic E-state index is 11.3. The van der Waals surface area contributed by atoms with Crippen LogP contribution < -0.4 is 4.90 Å². The van der Waals surface area contributed by atoms with Crippen molar-refractivity contribution in [2.24, 2.45) is 5.92 Å². The average Bonchev–Trinajstić information content (AvgIpc) is 2.74. The van der Waals surface area contributed by atoms with Crippen molar-refractivity contribution in [1.82, 2.24) is 4.90 Å². The van der Waals surface area contributed by atoms with E-state index in [1.54, 1.807) is 12.1 Å². The zero-order valence-electron chi connectivity index (χ0n) is 11.9. The molecule has 19 heavy (non-hydrogen) atoms. The Morgan fingerprint density at radius 2 is 2.26 bits per heavy atom. The minimum absolute atomic E-state index is 0.397. The second kappa shape index (κ2) is 5.61. The number of likely N-dealkylation sites (tertiary alicyclic amines) is 1. The van der Waals surface area contributed by atoms with Gasteiger partial charge in [-0.05, 0) is 44.5 Å². The second-order valence-electron chi connectivity index (χ2n) is 5.57. The van der Waals surface area contributed by atoms with E-state index in [0.717, 1.165) is 30.9 Å². The van der Waals surface area contributed by atoms with Gasteiger partial charge in [-0.3, -0.25) is 0 Å². The molecule has 1 aromatic rings. The van der Waals surface area contributed by atoms with Gasteiger partial charge in [0.05, 0.1) is 11.3 Å². The molecule has 1 atom stereocenters. The number of nitrogens with zero attached hydrogens (tertiary/aromatic N) is 2. The largest absolute Gasteiger partial charge is 0.478 e. The summed E-state index contributed by atoms with van der Waals surface area (Å²) in [6.07, 6.45) is 1.19. The molecule has 1 unspecified atom stereocenters. The normalized spacial score (nSPS) is 19.6. The summed E-state index contributed by atoms with van der Waals surface area (Å²) in [6, 6.07) is 5.46. The number of carboxylic acid groups (broad SMARTS) is 1. The first kappa shape index (κ1) is 13.9. The molecule has 0 spiro atoms. The molecule has 104 valence electrons. The summed E-state index contributed by atoms with van der Waals surface area (Å²) in [5.74, 6) is -0.231. The summed E-state index contributed by atoms with van der Waals surface area (Å²) in [5.41, 5.74) is 2.27. The van der Waals surface area contributed by atoms with Crippen molar-refractivity contribution in [3.63, 3.8) is 0 Å². The lowest BCUT2D eigenvalue weighted by molar-refractivity contribution is 0.0697. The van der Waals surface area contributed by atoms with Gasteiger partial charge in [-0.1, -0.05) is 12.1 Å². The van der Waals surface area contributed by atoms with E-state index in [2.05, 4.69) is 16.8 Å². The lowest BCUT2D eigenvalue weighted by Gasteiger charge is -2.26. The predicted octanol–water partition coefficient (Wildman–Crippen LogP) is 2.08. The van der Waals surface area contributed by atoms with Gasteiger partial charge < -0.3 is 14.9 Å². The first-order valence-electron chi connectivity index (χ1n) is 6.71. The fraction of sp³-hybridized carbons (Fsp3) is 0.533. The van der Waals surface area contributed by atoms with E-state index in [0.29, 0.717) is 11.5 Å². The molecule has 0 aliphatic carbocycles. The highest BCUT2D eigenvalue weighted by atomic mass is 16.4. The Balaban J connectivity index is 2.18. The molecule has 1 aliphatic rings. The Morgan fingerprint density at radius 1 is 1.53 bits per heavy atom. The van der Waals surface area contributed by atoms with Crippen molar-refractivity contribution in [2.45, 2.75) is 13.3 Å². The molecule has 4 heteroatoms. The van der Waals surface area contributed by atoms with Gasteiger partial charge in [-0.25, -0.2) is 4.79 Å². The smallest absolute Gasteiger partial charge is 0.337 e. The number of hydrogen-bond acceptors (Lipinski definition) is 3. The van der Waals surface area contributed by atoms with Crippen LogP contribution in [-0.2, 0) is 0 Å². The summed E-state index contributed by atoms with van der Waals surface area (Å²) in [5, 5.41) is 9.31. The lowest BCUT2D eigenvalue weighted by Crippen LogP contribution is -2.29. The van der Waals surface area contributed by atoms with Crippen molar-refractivity contribution >= 4 is 11.7 Å². The van der Waals surface area contributed by atoms with Crippen molar-refractivity contribution in [2.75, 3.05) is 38.6 Å². The Bertz CT molecular complexity index is 473. The molecular formula is C15H22N2O2. The fourth-order valence-electron chi connectivity index (χ4n) is 2.99. The average molecular weight is 262 g/mol. The molecule has 1 saturated heterocycles. The molecule has 1 aromatic carbocycles. The first-order valence-corrected chi connectivity index (χ1v) is 6.71. The molecular weight excluding hydrogens is 240 g/mol. The van der Waals surface area contributed by atoms with Crippen LogP contribution in [0.25, 0.3) is 0 Å². The van der Waals surface area contributed by atoms with E-state index in [-0.39, 0.29) is 0 Å². The summed E-state index contributed by atoms with van der Waals surface area (Å²) in [6.45, 7) is 5.12. The molecule has 1 heterocycles. The van der Waals surface area contributed by atoms with Gasteiger partial charge in [-0.2, -0.15) is 0 Å². The van der Waals surface area contributed by atoms with Crippen LogP contribution in [0, 0.1) is 12.8 Å². The zero-order valence-corrected chi connectivity index (χ0v) is 11.9. The van der Waals surface area contributed by atoms with E-state index in [4.69, 9.17) is 0 Å². The Hall–Kier alpha value is -1.55. The van der Waals surface area contributed by atoms with E-state index in [9.17, 15) is 9.90 Å². The van der Waals surface area contributed by atoms with Gasteiger partial charge >= 0.3 is 5.97 Å². The zero-order chi connectivity index (χ0) is 14.0. The van der Waals surface area contributed by atoms with Crippen LogP contribution in [0.3, 0.4) is 0 Å². The molecule has 0 aromatic heterocycles. The lowest BCUT2D eigenvalue weighted by atomic mass is 10.0. The van der Waals surface area contributed by atoms with Crippen LogP contribution in [0.4, 0.5) is 5.69 Å². The first-order chi connectivity index (χ1) is 8.99. The molecule has 1 N–H and O–H groups in total. The highest BCUT2D eigenvalue weighted by molar-refractivity contribution is 5.95. The maximum absolute atomic E-state index is 11.3. The van der Waals surface area contributed by atoms with E-state index < -0.39 is 5.97 Å². The minimum atomic E-state index is -0.853. The Labute approximate surface area is 114 Å². The standard InChI is InChI=1S/C15H22N2O2/c1-11-5-4-6-13(15(18)19)14(11)17(3)10-12-7-8-16(2)9-12/h4-6,12H,7-10H2,1-3H3,(H,18,19). The van der Waals surface area contributed by atoms with Gasteiger partial charge in [0, 0.05) is 20.1 Å². The number of anilines is 1. The van der Waals surface area contributed by atoms with Gasteiger partial charge in [0.25, 0.3) is 0 Å². The second-order valence-corrected chi connectivity index (χ2v) is 5.57. The quantitative estimate of drug-likeness (QED) is 0.902. The summed E-state index contributed by atoms with van der Waals surface area (Å²) in [7, 11) is 4.13. The van der Waals surface area contributed by atoms with E-state index >= 15 is 0 Å². The number of aryl methyl sites for hydroxylation is 1. The monoisotopic (exact) mass is 262 g/mol. The van der Waals surface area contributed by atoms with E-state index in [1.807, 2.05) is 20.0 Å². The van der Waals surface area contributed by atoms with Crippen LogP contribution in [0.1, 0.15) is 22.3 Å². The van der Waals surface area contributed by atoms with Crippen LogP contribution in [0.15, 0.2) is 18.2 Å². The number of para-hydroxylation sites is 1. The van der Waals surface area contributed by atoms with Crippen LogP contribution in [0.2, 0.25) is 0 Å². The highest BCUT2D eigenvalue weighted by Crippen LogP contribution is 2.26. The number of hydrogen-bond donors (Lipinski definition) is 1. The molecule has 0 amide bonds. The third kappa shape index (κ3) is 3.07. The van der Waals surface area contributed by atoms with Crippen LogP contribution >= 0.6 is 0 Å². The highest BCUT2D eigenvalue weighted by Gasteiger charge is 2.23. The van der Waals surface area contributed by atoms with Gasteiger partial charge in [0.1, 0.15) is 0 Å². The third-order valence-corrected chi connectivity index (χ3v) is 3.87. The predicted molar refractivity (Wildman–Crippen MR) is 77.0 cm³/mol. The number of carbonyl (C=O) groups is 1. The number of carboxylic acids is 1. The molecule has 2 rings (SSSR count). The molecule has 0 radical (unpaired) electrons.